The van der Waals surface area contributed by atoms with E-state index in [1.54, 1.807) is 13.0 Å². The van der Waals surface area contributed by atoms with Gasteiger partial charge in [0.1, 0.15) is 6.07 Å². The van der Waals surface area contributed by atoms with Gasteiger partial charge in [-0.1, -0.05) is 6.07 Å². The van der Waals surface area contributed by atoms with E-state index in [1.807, 2.05) is 18.2 Å². The second kappa shape index (κ2) is 4.08. The minimum absolute atomic E-state index is 0.276. The zero-order valence-corrected chi connectivity index (χ0v) is 7.57. The summed E-state index contributed by atoms with van der Waals surface area (Å²) in [5.41, 5.74) is 1.12. The Balaban J connectivity index is 3.47. The van der Waals surface area contributed by atoms with Gasteiger partial charge in [0.05, 0.1) is 29.2 Å². The predicted octanol–water partition coefficient (Wildman–Crippen LogP) is 1.86. The minimum Gasteiger partial charge on any atom is -0.198 e. The first-order chi connectivity index (χ1) is 6.74. The van der Waals surface area contributed by atoms with Crippen LogP contribution in [0.25, 0.3) is 0 Å². The fourth-order valence-corrected chi connectivity index (χ4v) is 1.21. The molecule has 3 nitrogen and oxygen atoms in total. The summed E-state index contributed by atoms with van der Waals surface area (Å²) in [6, 6.07) is 11.7. The standard InChI is InChI=1S/C11H6N3/c1-8(5-12)11-9(6-13)3-2-4-10(11)7-14/h2-3,8H,1H3. The lowest BCUT2D eigenvalue weighted by molar-refractivity contribution is 0.968. The van der Waals surface area contributed by atoms with Gasteiger partial charge in [0.2, 0.25) is 0 Å². The Bertz CT molecular complexity index is 437. The topological polar surface area (TPSA) is 71.4 Å². The van der Waals surface area contributed by atoms with E-state index in [2.05, 4.69) is 6.07 Å². The number of hydrogen-bond acceptors (Lipinski definition) is 3. The second-order valence-corrected chi connectivity index (χ2v) is 2.75. The third kappa shape index (κ3) is 1.56. The number of nitrogens with zero attached hydrogens (tertiary/aromatic N) is 3. The van der Waals surface area contributed by atoms with Crippen molar-refractivity contribution in [3.8, 4) is 18.2 Å². The molecule has 0 saturated heterocycles. The maximum absolute atomic E-state index is 8.80. The highest BCUT2D eigenvalue weighted by Gasteiger charge is 2.14. The molecule has 1 unspecified atom stereocenters. The van der Waals surface area contributed by atoms with Crippen molar-refractivity contribution in [3.05, 3.63) is 34.9 Å². The van der Waals surface area contributed by atoms with Crippen LogP contribution in [0.4, 0.5) is 0 Å². The molecule has 0 spiro atoms. The van der Waals surface area contributed by atoms with Gasteiger partial charge in [-0.05, 0) is 13.0 Å². The third-order valence-corrected chi connectivity index (χ3v) is 1.90. The largest absolute Gasteiger partial charge is 0.198 e. The summed E-state index contributed by atoms with van der Waals surface area (Å²) in [6.07, 6.45) is 0. The third-order valence-electron chi connectivity index (χ3n) is 1.90. The number of hydrogen-bond donors (Lipinski definition) is 0. The molecule has 1 radical (unpaired) electrons. The van der Waals surface area contributed by atoms with Crippen LogP contribution < -0.4 is 0 Å². The van der Waals surface area contributed by atoms with Crippen molar-refractivity contribution in [1.29, 1.82) is 15.8 Å². The molecule has 1 aromatic carbocycles. The van der Waals surface area contributed by atoms with Crippen molar-refractivity contribution in [1.82, 2.24) is 0 Å². The quantitative estimate of drug-likeness (QED) is 0.662. The van der Waals surface area contributed by atoms with E-state index >= 15 is 0 Å². The van der Waals surface area contributed by atoms with E-state index in [4.69, 9.17) is 15.8 Å². The Hall–Kier alpha value is -2.31. The van der Waals surface area contributed by atoms with Gasteiger partial charge in [-0.3, -0.25) is 0 Å². The highest BCUT2D eigenvalue weighted by molar-refractivity contribution is 5.50. The summed E-state index contributed by atoms with van der Waals surface area (Å²) in [5, 5.41) is 26.3. The average molecular weight is 180 g/mol. The van der Waals surface area contributed by atoms with Gasteiger partial charge >= 0.3 is 0 Å². The molecular formula is C11H6N3. The summed E-state index contributed by atoms with van der Waals surface area (Å²) in [5.74, 6) is -0.461. The van der Waals surface area contributed by atoms with Crippen LogP contribution in [0.3, 0.4) is 0 Å². The van der Waals surface area contributed by atoms with Crippen LogP contribution in [0.5, 0.6) is 0 Å². The Morgan fingerprint density at radius 3 is 2.50 bits per heavy atom. The molecular weight excluding hydrogens is 174 g/mol. The van der Waals surface area contributed by atoms with Crippen LogP contribution in [0.15, 0.2) is 12.1 Å². The van der Waals surface area contributed by atoms with E-state index in [0.717, 1.165) is 0 Å². The molecule has 0 N–H and O–H groups in total. The Kier molecular flexibility index (Phi) is 2.85. The first kappa shape index (κ1) is 9.78. The molecule has 0 heterocycles. The van der Waals surface area contributed by atoms with Crippen molar-refractivity contribution in [2.75, 3.05) is 0 Å². The fourth-order valence-electron chi connectivity index (χ4n) is 1.21. The Morgan fingerprint density at radius 2 is 2.00 bits per heavy atom. The lowest BCUT2D eigenvalue weighted by atomic mass is 9.93. The maximum Gasteiger partial charge on any atom is 0.100 e. The molecule has 1 atom stereocenters. The highest BCUT2D eigenvalue weighted by Crippen LogP contribution is 2.22. The van der Waals surface area contributed by atoms with Crippen LogP contribution in [-0.2, 0) is 0 Å². The molecule has 65 valence electrons. The van der Waals surface area contributed by atoms with Crippen molar-refractivity contribution in [3.63, 3.8) is 0 Å². The normalized spacial score (nSPS) is 10.7. The lowest BCUT2D eigenvalue weighted by Gasteiger charge is -2.06. The van der Waals surface area contributed by atoms with Gasteiger partial charge in [0.15, 0.2) is 0 Å². The van der Waals surface area contributed by atoms with Gasteiger partial charge in [-0.15, -0.1) is 0 Å². The summed E-state index contributed by atoms with van der Waals surface area (Å²) < 4.78 is 0. The van der Waals surface area contributed by atoms with Gasteiger partial charge in [-0.25, -0.2) is 0 Å². The van der Waals surface area contributed by atoms with Gasteiger partial charge in [-0.2, -0.15) is 15.8 Å². The summed E-state index contributed by atoms with van der Waals surface area (Å²) >= 11 is 0. The van der Waals surface area contributed by atoms with Crippen molar-refractivity contribution in [2.24, 2.45) is 0 Å². The molecule has 0 aliphatic heterocycles. The second-order valence-electron chi connectivity index (χ2n) is 2.75. The number of rotatable bonds is 1. The molecule has 0 fully saturated rings. The first-order valence-electron chi connectivity index (χ1n) is 3.99. The van der Waals surface area contributed by atoms with Crippen molar-refractivity contribution < 1.29 is 0 Å². The Labute approximate surface area is 82.4 Å². The number of benzene rings is 1. The molecule has 0 aromatic heterocycles. The fraction of sp³-hybridized carbons (Fsp3) is 0.182. The van der Waals surface area contributed by atoms with Crippen LogP contribution >= 0.6 is 0 Å². The smallest absolute Gasteiger partial charge is 0.100 e. The highest BCUT2D eigenvalue weighted by atomic mass is 14.3. The van der Waals surface area contributed by atoms with E-state index in [0.29, 0.717) is 11.1 Å². The molecule has 14 heavy (non-hydrogen) atoms. The summed E-state index contributed by atoms with van der Waals surface area (Å²) in [6.45, 7) is 1.66. The van der Waals surface area contributed by atoms with Gasteiger partial charge < -0.3 is 0 Å². The molecule has 3 heteroatoms. The zero-order chi connectivity index (χ0) is 10.6. The monoisotopic (exact) mass is 180 g/mol. The van der Waals surface area contributed by atoms with E-state index in [-0.39, 0.29) is 5.56 Å². The first-order valence-corrected chi connectivity index (χ1v) is 3.99. The molecule has 0 aliphatic rings. The van der Waals surface area contributed by atoms with E-state index < -0.39 is 5.92 Å². The lowest BCUT2D eigenvalue weighted by Crippen LogP contribution is -1.98. The molecule has 1 rings (SSSR count). The number of nitriles is 3. The Morgan fingerprint density at radius 1 is 1.29 bits per heavy atom. The average Bonchev–Trinajstić information content (AvgIpc) is 2.26. The molecule has 0 bridgehead atoms. The molecule has 0 amide bonds. The maximum atomic E-state index is 8.80. The zero-order valence-electron chi connectivity index (χ0n) is 7.57. The molecule has 1 aromatic rings. The van der Waals surface area contributed by atoms with Crippen LogP contribution in [0.1, 0.15) is 29.5 Å². The van der Waals surface area contributed by atoms with Crippen LogP contribution in [0, 0.1) is 40.1 Å². The predicted molar refractivity (Wildman–Crippen MR) is 48.7 cm³/mol. The molecule has 0 aliphatic carbocycles. The van der Waals surface area contributed by atoms with Gasteiger partial charge in [0, 0.05) is 11.6 Å². The van der Waals surface area contributed by atoms with Crippen molar-refractivity contribution >= 4 is 0 Å². The van der Waals surface area contributed by atoms with E-state index in [9.17, 15) is 0 Å². The SMILES string of the molecule is CC(C#N)c1c(C#N)[c]ccc1C#N. The summed E-state index contributed by atoms with van der Waals surface area (Å²) in [7, 11) is 0. The summed E-state index contributed by atoms with van der Waals surface area (Å²) in [4.78, 5) is 0. The van der Waals surface area contributed by atoms with Crippen molar-refractivity contribution in [2.45, 2.75) is 12.8 Å². The van der Waals surface area contributed by atoms with Crippen LogP contribution in [-0.4, -0.2) is 0 Å². The minimum atomic E-state index is -0.461. The van der Waals surface area contributed by atoms with Crippen LogP contribution in [0.2, 0.25) is 0 Å². The van der Waals surface area contributed by atoms with E-state index in [1.165, 1.54) is 6.07 Å². The molecule has 0 saturated carbocycles. The van der Waals surface area contributed by atoms with Gasteiger partial charge in [0.25, 0.3) is 0 Å².